The summed E-state index contributed by atoms with van der Waals surface area (Å²) in [5, 5.41) is 2.83. The summed E-state index contributed by atoms with van der Waals surface area (Å²) in [6.07, 6.45) is 0. The zero-order valence-corrected chi connectivity index (χ0v) is 11.8. The Morgan fingerprint density at radius 2 is 2.11 bits per heavy atom. The van der Waals surface area contributed by atoms with Gasteiger partial charge < -0.3 is 15.8 Å². The van der Waals surface area contributed by atoms with Crippen molar-refractivity contribution in [2.75, 3.05) is 19.0 Å². The van der Waals surface area contributed by atoms with Crippen molar-refractivity contribution in [1.82, 2.24) is 0 Å². The van der Waals surface area contributed by atoms with Gasteiger partial charge in [0.05, 0.1) is 6.54 Å². The number of hydrogen-bond donors (Lipinski definition) is 2. The highest BCUT2D eigenvalue weighted by molar-refractivity contribution is 5.96. The Labute approximate surface area is 114 Å². The molecule has 4 nitrogen and oxygen atoms in total. The molecular weight excluding hydrogens is 240 g/mol. The first-order chi connectivity index (χ1) is 8.89. The standard InChI is InChI=1S/C15H20N2O2/c1-11-8-12(6-5-7-16)10-13(9-11)17-14(18)15(2,3)19-4/h8-10H,7,16H2,1-4H3,(H,17,18). The lowest BCUT2D eigenvalue weighted by molar-refractivity contribution is -0.133. The van der Waals surface area contributed by atoms with Gasteiger partial charge in [0.15, 0.2) is 0 Å². The van der Waals surface area contributed by atoms with E-state index in [0.29, 0.717) is 12.2 Å². The minimum Gasteiger partial charge on any atom is -0.369 e. The molecule has 0 fully saturated rings. The predicted molar refractivity (Wildman–Crippen MR) is 76.8 cm³/mol. The number of ether oxygens (including phenoxy) is 1. The molecule has 1 rings (SSSR count). The Balaban J connectivity index is 2.96. The van der Waals surface area contributed by atoms with Gasteiger partial charge in [0, 0.05) is 18.4 Å². The van der Waals surface area contributed by atoms with Crippen LogP contribution in [0.3, 0.4) is 0 Å². The third kappa shape index (κ3) is 4.40. The quantitative estimate of drug-likeness (QED) is 0.813. The molecule has 1 aromatic rings. The minimum absolute atomic E-state index is 0.196. The van der Waals surface area contributed by atoms with E-state index in [0.717, 1.165) is 11.1 Å². The van der Waals surface area contributed by atoms with Crippen LogP contribution in [-0.2, 0) is 9.53 Å². The Morgan fingerprint density at radius 3 is 2.68 bits per heavy atom. The maximum Gasteiger partial charge on any atom is 0.256 e. The van der Waals surface area contributed by atoms with Crippen LogP contribution in [0.25, 0.3) is 0 Å². The summed E-state index contributed by atoms with van der Waals surface area (Å²) < 4.78 is 5.14. The second-order valence-corrected chi connectivity index (χ2v) is 4.76. The van der Waals surface area contributed by atoms with Gasteiger partial charge in [0.1, 0.15) is 5.60 Å². The number of nitrogens with two attached hydrogens (primary N) is 1. The van der Waals surface area contributed by atoms with Crippen LogP contribution in [0.5, 0.6) is 0 Å². The molecular formula is C15H20N2O2. The molecule has 0 aliphatic heterocycles. The number of amides is 1. The number of methoxy groups -OCH3 is 1. The fourth-order valence-corrected chi connectivity index (χ4v) is 1.45. The molecule has 0 unspecified atom stereocenters. The molecule has 0 saturated heterocycles. The number of aryl methyl sites for hydroxylation is 1. The van der Waals surface area contributed by atoms with E-state index >= 15 is 0 Å². The first-order valence-electron chi connectivity index (χ1n) is 6.06. The van der Waals surface area contributed by atoms with E-state index in [1.54, 1.807) is 13.8 Å². The highest BCUT2D eigenvalue weighted by Gasteiger charge is 2.26. The Morgan fingerprint density at radius 1 is 1.42 bits per heavy atom. The third-order valence-electron chi connectivity index (χ3n) is 2.73. The molecule has 0 aliphatic carbocycles. The van der Waals surface area contributed by atoms with Crippen molar-refractivity contribution < 1.29 is 9.53 Å². The number of nitrogens with one attached hydrogen (secondary N) is 1. The van der Waals surface area contributed by atoms with E-state index in [2.05, 4.69) is 17.2 Å². The molecule has 0 bridgehead atoms. The molecule has 0 aromatic heterocycles. The van der Waals surface area contributed by atoms with Gasteiger partial charge in [-0.1, -0.05) is 11.8 Å². The van der Waals surface area contributed by atoms with Gasteiger partial charge in [-0.15, -0.1) is 0 Å². The van der Waals surface area contributed by atoms with Gasteiger partial charge in [0.25, 0.3) is 5.91 Å². The summed E-state index contributed by atoms with van der Waals surface area (Å²) in [4.78, 5) is 12.0. The van der Waals surface area contributed by atoms with Gasteiger partial charge in [-0.25, -0.2) is 0 Å². The smallest absolute Gasteiger partial charge is 0.256 e. The van der Waals surface area contributed by atoms with E-state index in [1.807, 2.05) is 25.1 Å². The van der Waals surface area contributed by atoms with E-state index in [9.17, 15) is 4.79 Å². The number of carbonyl (C=O) groups is 1. The van der Waals surface area contributed by atoms with E-state index in [4.69, 9.17) is 10.5 Å². The predicted octanol–water partition coefficient (Wildman–Crippen LogP) is 1.67. The van der Waals surface area contributed by atoms with Crippen LogP contribution >= 0.6 is 0 Å². The zero-order chi connectivity index (χ0) is 14.5. The molecule has 1 aromatic carbocycles. The second-order valence-electron chi connectivity index (χ2n) is 4.76. The maximum absolute atomic E-state index is 12.0. The second kappa shape index (κ2) is 6.37. The first kappa shape index (κ1) is 15.2. The van der Waals surface area contributed by atoms with E-state index in [1.165, 1.54) is 7.11 Å². The van der Waals surface area contributed by atoms with Crippen LogP contribution in [0.2, 0.25) is 0 Å². The molecule has 102 valence electrons. The van der Waals surface area contributed by atoms with Gasteiger partial charge in [0.2, 0.25) is 0 Å². The summed E-state index contributed by atoms with van der Waals surface area (Å²) in [6, 6.07) is 5.65. The number of anilines is 1. The highest BCUT2D eigenvalue weighted by atomic mass is 16.5. The summed E-state index contributed by atoms with van der Waals surface area (Å²) in [6.45, 7) is 5.69. The van der Waals surface area contributed by atoms with Crippen molar-refractivity contribution in [1.29, 1.82) is 0 Å². The number of carbonyl (C=O) groups excluding carboxylic acids is 1. The lowest BCUT2D eigenvalue weighted by Crippen LogP contribution is -2.38. The normalized spacial score (nSPS) is 10.6. The maximum atomic E-state index is 12.0. The van der Waals surface area contributed by atoms with Crippen molar-refractivity contribution in [3.05, 3.63) is 29.3 Å². The molecule has 19 heavy (non-hydrogen) atoms. The molecule has 0 atom stereocenters. The molecule has 0 spiro atoms. The van der Waals surface area contributed by atoms with Gasteiger partial charge >= 0.3 is 0 Å². The highest BCUT2D eigenvalue weighted by Crippen LogP contribution is 2.17. The molecule has 0 saturated carbocycles. The van der Waals surface area contributed by atoms with Crippen molar-refractivity contribution in [2.45, 2.75) is 26.4 Å². The van der Waals surface area contributed by atoms with Crippen molar-refractivity contribution in [3.8, 4) is 11.8 Å². The fourth-order valence-electron chi connectivity index (χ4n) is 1.45. The van der Waals surface area contributed by atoms with Crippen LogP contribution < -0.4 is 11.1 Å². The Bertz CT molecular complexity index is 525. The van der Waals surface area contributed by atoms with E-state index in [-0.39, 0.29) is 5.91 Å². The zero-order valence-electron chi connectivity index (χ0n) is 11.8. The van der Waals surface area contributed by atoms with Crippen molar-refractivity contribution in [2.24, 2.45) is 5.73 Å². The molecule has 0 aliphatic rings. The number of rotatable bonds is 3. The summed E-state index contributed by atoms with van der Waals surface area (Å²) >= 11 is 0. The van der Waals surface area contributed by atoms with Crippen LogP contribution in [0.1, 0.15) is 25.0 Å². The Hall–Kier alpha value is -1.83. The topological polar surface area (TPSA) is 64.3 Å². The van der Waals surface area contributed by atoms with Crippen molar-refractivity contribution >= 4 is 11.6 Å². The van der Waals surface area contributed by atoms with Crippen LogP contribution in [0.4, 0.5) is 5.69 Å². The van der Waals surface area contributed by atoms with Crippen LogP contribution in [-0.4, -0.2) is 25.2 Å². The van der Waals surface area contributed by atoms with Crippen molar-refractivity contribution in [3.63, 3.8) is 0 Å². The summed E-state index contributed by atoms with van der Waals surface area (Å²) in [5.41, 5.74) is 7.04. The summed E-state index contributed by atoms with van der Waals surface area (Å²) in [7, 11) is 1.51. The lowest BCUT2D eigenvalue weighted by Gasteiger charge is -2.21. The molecule has 0 radical (unpaired) electrons. The van der Waals surface area contributed by atoms with Gasteiger partial charge in [-0.3, -0.25) is 4.79 Å². The molecule has 1 amide bonds. The molecule has 4 heteroatoms. The number of hydrogen-bond acceptors (Lipinski definition) is 3. The monoisotopic (exact) mass is 260 g/mol. The Kier molecular flexibility index (Phi) is 5.11. The average Bonchev–Trinajstić information content (AvgIpc) is 2.35. The lowest BCUT2D eigenvalue weighted by atomic mass is 10.1. The largest absolute Gasteiger partial charge is 0.369 e. The van der Waals surface area contributed by atoms with Gasteiger partial charge in [-0.2, -0.15) is 0 Å². The number of benzene rings is 1. The van der Waals surface area contributed by atoms with Crippen LogP contribution in [0.15, 0.2) is 18.2 Å². The SMILES string of the molecule is COC(C)(C)C(=O)Nc1cc(C)cc(C#CCN)c1. The third-order valence-corrected chi connectivity index (χ3v) is 2.73. The first-order valence-corrected chi connectivity index (χ1v) is 6.06. The summed E-state index contributed by atoms with van der Waals surface area (Å²) in [5.74, 6) is 5.55. The molecule has 0 heterocycles. The fraction of sp³-hybridized carbons (Fsp3) is 0.400. The van der Waals surface area contributed by atoms with Gasteiger partial charge in [-0.05, 0) is 44.5 Å². The van der Waals surface area contributed by atoms with Crippen LogP contribution in [0, 0.1) is 18.8 Å². The molecule has 3 N–H and O–H groups in total. The minimum atomic E-state index is -0.868. The van der Waals surface area contributed by atoms with E-state index < -0.39 is 5.60 Å². The average molecular weight is 260 g/mol.